The molecule has 0 radical (unpaired) electrons. The van der Waals surface area contributed by atoms with Gasteiger partial charge in [0.1, 0.15) is 0 Å². The lowest BCUT2D eigenvalue weighted by Gasteiger charge is -2.35. The molecule has 3 rings (SSSR count). The van der Waals surface area contributed by atoms with Crippen molar-refractivity contribution in [3.8, 4) is 0 Å². The van der Waals surface area contributed by atoms with E-state index in [1.165, 1.54) is 23.3 Å². The average Bonchev–Trinajstić information content (AvgIpc) is 2.89. The van der Waals surface area contributed by atoms with Gasteiger partial charge >= 0.3 is 0 Å². The number of hydrogen-bond donors (Lipinski definition) is 0. The molecule has 110 valence electrons. The van der Waals surface area contributed by atoms with Crippen molar-refractivity contribution in [2.45, 2.75) is 44.8 Å². The molecule has 2 atom stereocenters. The zero-order valence-corrected chi connectivity index (χ0v) is 13.3. The van der Waals surface area contributed by atoms with Crippen LogP contribution in [-0.2, 0) is 17.6 Å². The average molecular weight is 314 g/mol. The maximum absolute atomic E-state index is 12.7. The predicted molar refractivity (Wildman–Crippen MR) is 81.9 cm³/mol. The number of rotatable bonds is 2. The van der Waals surface area contributed by atoms with E-state index in [1.807, 2.05) is 11.8 Å². The first-order chi connectivity index (χ1) is 9.67. The minimum absolute atomic E-state index is 0.0426. The largest absolute Gasteiger partial charge is 0.370 e. The Morgan fingerprint density at radius 3 is 3.00 bits per heavy atom. The summed E-state index contributed by atoms with van der Waals surface area (Å²) in [6.45, 7) is 3.27. The fraction of sp³-hybridized carbons (Fsp3) is 0.667. The highest BCUT2D eigenvalue weighted by Crippen LogP contribution is 2.30. The van der Waals surface area contributed by atoms with E-state index in [0.29, 0.717) is 19.0 Å². The maximum Gasteiger partial charge on any atom is 0.264 e. The molecule has 1 fully saturated rings. The Balaban J connectivity index is 1.76. The summed E-state index contributed by atoms with van der Waals surface area (Å²) in [5.41, 5.74) is 1.39. The number of thiophene rings is 1. The number of carbonyl (C=O) groups is 1. The summed E-state index contributed by atoms with van der Waals surface area (Å²) in [5, 5.41) is 0. The van der Waals surface area contributed by atoms with Crippen LogP contribution in [0.2, 0.25) is 0 Å². The number of carbonyl (C=O) groups excluding carboxylic acids is 1. The second kappa shape index (κ2) is 6.04. The highest BCUT2D eigenvalue weighted by molar-refractivity contribution is 7.14. The van der Waals surface area contributed by atoms with Crippen molar-refractivity contribution in [2.24, 2.45) is 0 Å². The van der Waals surface area contributed by atoms with Crippen LogP contribution in [0.15, 0.2) is 6.07 Å². The molecule has 1 amide bonds. The molecule has 1 aliphatic carbocycles. The molecule has 1 aliphatic heterocycles. The first kappa shape index (κ1) is 14.4. The van der Waals surface area contributed by atoms with Gasteiger partial charge in [0.2, 0.25) is 0 Å². The molecule has 20 heavy (non-hydrogen) atoms. The van der Waals surface area contributed by atoms with Gasteiger partial charge < -0.3 is 9.64 Å². The molecule has 0 bridgehead atoms. The minimum atomic E-state index is -0.0426. The molecule has 2 unspecified atom stereocenters. The molecule has 2 aliphatic rings. The van der Waals surface area contributed by atoms with E-state index in [1.54, 1.807) is 11.3 Å². The molecule has 0 N–H and O–H groups in total. The normalized spacial score (nSPS) is 26.4. The van der Waals surface area contributed by atoms with Crippen molar-refractivity contribution in [2.75, 3.05) is 19.0 Å². The van der Waals surface area contributed by atoms with E-state index >= 15 is 0 Å². The lowest BCUT2D eigenvalue weighted by Crippen LogP contribution is -2.49. The molecular weight excluding hydrogens is 294 g/mol. The Morgan fingerprint density at radius 2 is 2.25 bits per heavy atom. The van der Waals surface area contributed by atoms with Crippen LogP contribution in [0, 0.1) is 0 Å². The van der Waals surface area contributed by atoms with Gasteiger partial charge in [0.05, 0.1) is 23.0 Å². The molecule has 2 heterocycles. The van der Waals surface area contributed by atoms with Crippen LogP contribution in [0.5, 0.6) is 0 Å². The van der Waals surface area contributed by atoms with Crippen molar-refractivity contribution in [3.63, 3.8) is 0 Å². The van der Waals surface area contributed by atoms with Crippen molar-refractivity contribution in [1.29, 1.82) is 0 Å². The molecule has 3 nitrogen and oxygen atoms in total. The SMILES string of the molecule is CC1CN(C(=O)c2cc3c(s2)CCCC3)CC(CCl)O1. The molecule has 0 spiro atoms. The van der Waals surface area contributed by atoms with E-state index in [4.69, 9.17) is 16.3 Å². The van der Waals surface area contributed by atoms with Gasteiger partial charge in [0, 0.05) is 18.0 Å². The number of fused-ring (bicyclic) bond motifs is 1. The molecule has 0 saturated carbocycles. The topological polar surface area (TPSA) is 29.5 Å². The minimum Gasteiger partial charge on any atom is -0.370 e. The van der Waals surface area contributed by atoms with Crippen LogP contribution in [0.25, 0.3) is 0 Å². The lowest BCUT2D eigenvalue weighted by atomic mass is 9.99. The van der Waals surface area contributed by atoms with Crippen LogP contribution in [0.1, 0.15) is 39.9 Å². The van der Waals surface area contributed by atoms with Crippen LogP contribution in [-0.4, -0.2) is 42.0 Å². The maximum atomic E-state index is 12.7. The van der Waals surface area contributed by atoms with Gasteiger partial charge in [-0.15, -0.1) is 22.9 Å². The molecule has 5 heteroatoms. The predicted octanol–water partition coefficient (Wildman–Crippen LogP) is 3.10. The molecule has 1 saturated heterocycles. The van der Waals surface area contributed by atoms with Crippen LogP contribution < -0.4 is 0 Å². The molecule has 1 aromatic heterocycles. The van der Waals surface area contributed by atoms with Crippen LogP contribution in [0.4, 0.5) is 0 Å². The van der Waals surface area contributed by atoms with Crippen LogP contribution >= 0.6 is 22.9 Å². The number of hydrogen-bond acceptors (Lipinski definition) is 3. The summed E-state index contributed by atoms with van der Waals surface area (Å²) >= 11 is 7.57. The quantitative estimate of drug-likeness (QED) is 0.785. The van der Waals surface area contributed by atoms with E-state index < -0.39 is 0 Å². The number of halogens is 1. The zero-order valence-electron chi connectivity index (χ0n) is 11.7. The summed E-state index contributed by atoms with van der Waals surface area (Å²) in [6.07, 6.45) is 4.79. The molecule has 0 aromatic carbocycles. The van der Waals surface area contributed by atoms with Crippen molar-refractivity contribution in [1.82, 2.24) is 4.90 Å². The third-order valence-electron chi connectivity index (χ3n) is 3.99. The standard InChI is InChI=1S/C15H20ClNO2S/c1-10-8-17(9-12(7-16)19-10)15(18)14-6-11-4-2-3-5-13(11)20-14/h6,10,12H,2-5,7-9H2,1H3. The number of morpholine rings is 1. The highest BCUT2D eigenvalue weighted by atomic mass is 35.5. The number of amides is 1. The van der Waals surface area contributed by atoms with E-state index in [2.05, 4.69) is 6.07 Å². The van der Waals surface area contributed by atoms with E-state index in [-0.39, 0.29) is 18.1 Å². The van der Waals surface area contributed by atoms with Crippen molar-refractivity contribution < 1.29 is 9.53 Å². The first-order valence-electron chi connectivity index (χ1n) is 7.29. The Morgan fingerprint density at radius 1 is 1.45 bits per heavy atom. The van der Waals surface area contributed by atoms with Gasteiger partial charge in [-0.3, -0.25) is 4.79 Å². The van der Waals surface area contributed by atoms with Crippen molar-refractivity contribution in [3.05, 3.63) is 21.4 Å². The monoisotopic (exact) mass is 313 g/mol. The first-order valence-corrected chi connectivity index (χ1v) is 8.64. The zero-order chi connectivity index (χ0) is 14.1. The summed E-state index contributed by atoms with van der Waals surface area (Å²) in [7, 11) is 0. The van der Waals surface area contributed by atoms with Crippen molar-refractivity contribution >= 4 is 28.8 Å². The number of aryl methyl sites for hydroxylation is 2. The van der Waals surface area contributed by atoms with E-state index in [0.717, 1.165) is 17.7 Å². The third-order valence-corrected chi connectivity index (χ3v) is 5.56. The lowest BCUT2D eigenvalue weighted by molar-refractivity contribution is -0.0569. The fourth-order valence-electron chi connectivity index (χ4n) is 3.05. The second-order valence-corrected chi connectivity index (χ2v) is 7.14. The second-order valence-electron chi connectivity index (χ2n) is 5.70. The number of alkyl halides is 1. The fourth-order valence-corrected chi connectivity index (χ4v) is 4.44. The van der Waals surface area contributed by atoms with Gasteiger partial charge in [-0.05, 0) is 44.2 Å². The van der Waals surface area contributed by atoms with E-state index in [9.17, 15) is 4.79 Å². The Hall–Kier alpha value is -0.580. The van der Waals surface area contributed by atoms with Gasteiger partial charge in [0.25, 0.3) is 5.91 Å². The molecule has 1 aromatic rings. The Bertz CT molecular complexity index is 479. The van der Waals surface area contributed by atoms with Gasteiger partial charge in [-0.1, -0.05) is 0 Å². The summed E-state index contributed by atoms with van der Waals surface area (Å²) in [5.74, 6) is 0.587. The van der Waals surface area contributed by atoms with Gasteiger partial charge in [-0.2, -0.15) is 0 Å². The highest BCUT2D eigenvalue weighted by Gasteiger charge is 2.29. The van der Waals surface area contributed by atoms with Gasteiger partial charge in [0.15, 0.2) is 0 Å². The third kappa shape index (κ3) is 2.87. The summed E-state index contributed by atoms with van der Waals surface area (Å²) in [6, 6.07) is 2.11. The van der Waals surface area contributed by atoms with Crippen LogP contribution in [0.3, 0.4) is 0 Å². The smallest absolute Gasteiger partial charge is 0.264 e. The molecular formula is C15H20ClNO2S. The summed E-state index contributed by atoms with van der Waals surface area (Å²) < 4.78 is 5.71. The van der Waals surface area contributed by atoms with Gasteiger partial charge in [-0.25, -0.2) is 0 Å². The number of ether oxygens (including phenoxy) is 1. The Kier molecular flexibility index (Phi) is 4.34. The number of nitrogens with zero attached hydrogens (tertiary/aromatic N) is 1. The Labute approximate surface area is 128 Å². The summed E-state index contributed by atoms with van der Waals surface area (Å²) in [4.78, 5) is 16.9.